The van der Waals surface area contributed by atoms with Gasteiger partial charge in [0.1, 0.15) is 34.2 Å². The van der Waals surface area contributed by atoms with Gasteiger partial charge < -0.3 is 14.4 Å². The van der Waals surface area contributed by atoms with Gasteiger partial charge in [-0.1, -0.05) is 35.5 Å². The highest BCUT2D eigenvalue weighted by Crippen LogP contribution is 2.44. The largest absolute Gasteiger partial charge is 0.472 e. The summed E-state index contributed by atoms with van der Waals surface area (Å²) in [7, 11) is 0. The number of nitrogens with zero attached hydrogens (tertiary/aromatic N) is 5. The first-order valence-electron chi connectivity index (χ1n) is 11.4. The van der Waals surface area contributed by atoms with Crippen molar-refractivity contribution < 1.29 is 18.7 Å². The van der Waals surface area contributed by atoms with E-state index in [0.29, 0.717) is 21.9 Å². The van der Waals surface area contributed by atoms with E-state index >= 15 is 4.39 Å². The van der Waals surface area contributed by atoms with Crippen molar-refractivity contribution in [2.75, 3.05) is 17.7 Å². The third-order valence-corrected chi connectivity index (χ3v) is 6.55. The molecule has 4 rings (SSSR count). The number of halogens is 2. The zero-order valence-electron chi connectivity index (χ0n) is 20.8. The zero-order valence-corrected chi connectivity index (χ0v) is 22.3. The summed E-state index contributed by atoms with van der Waals surface area (Å²) in [5, 5.41) is 3.14. The number of carbonyl (C=O) groups is 1. The molecule has 2 aromatic rings. The van der Waals surface area contributed by atoms with E-state index in [2.05, 4.69) is 27.0 Å². The van der Waals surface area contributed by atoms with E-state index in [-0.39, 0.29) is 41.1 Å². The lowest BCUT2D eigenvalue weighted by molar-refractivity contribution is 0.0544. The molecule has 0 spiro atoms. The second kappa shape index (κ2) is 10.2. The lowest BCUT2D eigenvalue weighted by atomic mass is 9.87. The van der Waals surface area contributed by atoms with Crippen LogP contribution < -0.4 is 15.0 Å². The fourth-order valence-corrected chi connectivity index (χ4v) is 4.64. The average Bonchev–Trinajstić information content (AvgIpc) is 2.87. The van der Waals surface area contributed by atoms with Crippen LogP contribution in [-0.4, -0.2) is 58.3 Å². The van der Waals surface area contributed by atoms with Gasteiger partial charge in [-0.15, -0.1) is 0 Å². The van der Waals surface area contributed by atoms with Gasteiger partial charge in [-0.3, -0.25) is 5.32 Å². The van der Waals surface area contributed by atoms with Crippen LogP contribution >= 0.6 is 23.4 Å². The van der Waals surface area contributed by atoms with Gasteiger partial charge >= 0.3 is 6.09 Å². The third-order valence-electron chi connectivity index (χ3n) is 5.76. The molecule has 192 valence electrons. The summed E-state index contributed by atoms with van der Waals surface area (Å²) in [6, 6.07) is -0.0679. The number of rotatable bonds is 6. The molecule has 2 aliphatic rings. The molecule has 0 bridgehead atoms. The summed E-state index contributed by atoms with van der Waals surface area (Å²) in [6.07, 6.45) is 6.26. The highest BCUT2D eigenvalue weighted by molar-refractivity contribution is 7.98. The van der Waals surface area contributed by atoms with Crippen molar-refractivity contribution in [1.82, 2.24) is 20.3 Å². The van der Waals surface area contributed by atoms with Crippen molar-refractivity contribution in [1.29, 1.82) is 0 Å². The molecule has 36 heavy (non-hydrogen) atoms. The number of aliphatic imine (C=N–C) groups is 1. The first-order valence-corrected chi connectivity index (χ1v) is 13.0. The number of anilines is 1. The zero-order chi connectivity index (χ0) is 26.2. The molecule has 1 aliphatic heterocycles. The molecular formula is C24H28ClFN6O3S. The number of alkyl carbamates (subject to hydrolysis) is 1. The Balaban J connectivity index is 1.84. The summed E-state index contributed by atoms with van der Waals surface area (Å²) >= 11 is 7.37. The molecule has 1 saturated carbocycles. The van der Waals surface area contributed by atoms with E-state index in [0.717, 1.165) is 12.8 Å². The third kappa shape index (κ3) is 5.12. The molecule has 0 saturated heterocycles. The van der Waals surface area contributed by atoms with E-state index < -0.39 is 17.5 Å². The van der Waals surface area contributed by atoms with E-state index in [1.54, 1.807) is 20.8 Å². The number of aromatic nitrogens is 3. The van der Waals surface area contributed by atoms with Crippen LogP contribution in [0.1, 0.15) is 40.5 Å². The molecule has 12 heteroatoms. The Morgan fingerprint density at radius 3 is 2.72 bits per heavy atom. The van der Waals surface area contributed by atoms with Crippen molar-refractivity contribution >= 4 is 52.9 Å². The van der Waals surface area contributed by atoms with Gasteiger partial charge in [0.25, 0.3) is 0 Å². The lowest BCUT2D eigenvalue weighted by Gasteiger charge is -2.42. The molecule has 1 fully saturated rings. The molecule has 1 aliphatic carbocycles. The SMILES string of the molecule is C=N/C(NC(=O)OC(C)(C)C)=C(\C=C/C)CN1c2nc(SC)nc3c(F)c(Cl)nc(c23)O[C@H]2CC[C@H]21. The second-order valence-electron chi connectivity index (χ2n) is 9.37. The summed E-state index contributed by atoms with van der Waals surface area (Å²) in [5.74, 6) is 0.218. The van der Waals surface area contributed by atoms with Gasteiger partial charge in [0.15, 0.2) is 16.1 Å². The Kier molecular flexibility index (Phi) is 7.42. The maximum Gasteiger partial charge on any atom is 0.413 e. The smallest absolute Gasteiger partial charge is 0.413 e. The minimum absolute atomic E-state index is 0.0520. The van der Waals surface area contributed by atoms with Crippen LogP contribution in [0.3, 0.4) is 0 Å². The van der Waals surface area contributed by atoms with Crippen molar-refractivity contribution in [2.24, 2.45) is 4.99 Å². The van der Waals surface area contributed by atoms with Gasteiger partial charge in [-0.2, -0.15) is 4.98 Å². The Morgan fingerprint density at radius 1 is 1.39 bits per heavy atom. The normalized spacial score (nSPS) is 19.7. The van der Waals surface area contributed by atoms with Crippen LogP contribution in [0.2, 0.25) is 5.15 Å². The maximum absolute atomic E-state index is 15.1. The van der Waals surface area contributed by atoms with Crippen molar-refractivity contribution in [3.05, 3.63) is 34.5 Å². The van der Waals surface area contributed by atoms with Crippen LogP contribution in [-0.2, 0) is 4.74 Å². The van der Waals surface area contributed by atoms with Crippen molar-refractivity contribution in [3.8, 4) is 5.88 Å². The number of allylic oxidation sites excluding steroid dienone is 1. The monoisotopic (exact) mass is 534 g/mol. The summed E-state index contributed by atoms with van der Waals surface area (Å²) in [4.78, 5) is 31.8. The molecule has 2 aromatic heterocycles. The standard InChI is InChI=1S/C24H28ClFN6O3S/c1-7-8-12(19(27-5)30-23(33)35-24(2,3)4)11-32-13-9-10-14(13)34-21-15-17(16(26)18(25)29-21)28-22(36-6)31-20(15)32/h7-8,13-14H,5,9-11H2,1-4,6H3,(H,30,33)/b8-7-,19-12-/t13-,14+/m1/s1. The van der Waals surface area contributed by atoms with Crippen molar-refractivity contribution in [3.63, 3.8) is 0 Å². The second-order valence-corrected chi connectivity index (χ2v) is 10.5. The Labute approximate surface area is 218 Å². The Morgan fingerprint density at radius 2 is 2.14 bits per heavy atom. The number of amides is 1. The average molecular weight is 535 g/mol. The van der Waals surface area contributed by atoms with Gasteiger partial charge in [0.05, 0.1) is 6.04 Å². The highest BCUT2D eigenvalue weighted by atomic mass is 35.5. The number of hydrogen-bond donors (Lipinski definition) is 1. The topological polar surface area (TPSA) is 102 Å². The number of fused-ring (bicyclic) bond motifs is 1. The number of thioether (sulfide) groups is 1. The summed E-state index contributed by atoms with van der Waals surface area (Å²) in [6.45, 7) is 11.1. The minimum atomic E-state index is -0.726. The summed E-state index contributed by atoms with van der Waals surface area (Å²) in [5.41, 5.74) is 0.0322. The van der Waals surface area contributed by atoms with Gasteiger partial charge in [-0.05, 0) is 53.5 Å². The number of ether oxygens (including phenoxy) is 2. The summed E-state index contributed by atoms with van der Waals surface area (Å²) < 4.78 is 26.6. The molecule has 2 atom stereocenters. The number of hydrogen-bond acceptors (Lipinski definition) is 9. The van der Waals surface area contributed by atoms with E-state index in [9.17, 15) is 4.79 Å². The van der Waals surface area contributed by atoms with Crippen LogP contribution in [0.4, 0.5) is 15.0 Å². The minimum Gasteiger partial charge on any atom is -0.472 e. The fourth-order valence-electron chi connectivity index (χ4n) is 4.11. The first-order chi connectivity index (χ1) is 17.1. The van der Waals surface area contributed by atoms with E-state index in [1.807, 2.05) is 30.2 Å². The molecule has 0 radical (unpaired) electrons. The molecule has 9 nitrogen and oxygen atoms in total. The molecule has 1 amide bonds. The van der Waals surface area contributed by atoms with E-state index in [1.165, 1.54) is 11.8 Å². The van der Waals surface area contributed by atoms with Crippen LogP contribution in [0.15, 0.2) is 33.7 Å². The number of pyridine rings is 1. The van der Waals surface area contributed by atoms with Crippen molar-refractivity contribution in [2.45, 2.75) is 63.4 Å². The van der Waals surface area contributed by atoms with Gasteiger partial charge in [0.2, 0.25) is 5.88 Å². The quantitative estimate of drug-likeness (QED) is 0.175. The van der Waals surface area contributed by atoms with Gasteiger partial charge in [0, 0.05) is 12.1 Å². The maximum atomic E-state index is 15.1. The van der Waals surface area contributed by atoms with E-state index in [4.69, 9.17) is 26.1 Å². The lowest BCUT2D eigenvalue weighted by Crippen LogP contribution is -2.53. The molecule has 0 unspecified atom stereocenters. The number of nitrogens with one attached hydrogen (secondary N) is 1. The van der Waals surface area contributed by atoms with Crippen LogP contribution in [0.5, 0.6) is 5.88 Å². The molecule has 0 aromatic carbocycles. The van der Waals surface area contributed by atoms with Gasteiger partial charge in [-0.25, -0.2) is 24.1 Å². The first kappa shape index (κ1) is 26.2. The molecule has 3 heterocycles. The predicted octanol–water partition coefficient (Wildman–Crippen LogP) is 5.28. The fraction of sp³-hybridized carbons (Fsp3) is 0.458. The Bertz CT molecular complexity index is 1280. The van der Waals surface area contributed by atoms with Crippen LogP contribution in [0, 0.1) is 5.82 Å². The highest BCUT2D eigenvalue weighted by Gasteiger charge is 2.43. The van der Waals surface area contributed by atoms with Crippen LogP contribution in [0.25, 0.3) is 10.9 Å². The molecule has 1 N–H and O–H groups in total. The Hall–Kier alpha value is -2.92. The molecular weight excluding hydrogens is 507 g/mol. The predicted molar refractivity (Wildman–Crippen MR) is 140 cm³/mol. The number of carbonyl (C=O) groups excluding carboxylic acids is 1.